The molecule has 1 aromatic heterocycles. The lowest BCUT2D eigenvalue weighted by Gasteiger charge is -2.27. The van der Waals surface area contributed by atoms with E-state index in [1.807, 2.05) is 54.1 Å². The Labute approximate surface area is 207 Å². The zero-order valence-electron chi connectivity index (χ0n) is 19.9. The van der Waals surface area contributed by atoms with Crippen LogP contribution in [0.1, 0.15) is 25.1 Å². The first-order valence-corrected chi connectivity index (χ1v) is 11.7. The van der Waals surface area contributed by atoms with E-state index in [0.717, 1.165) is 23.5 Å². The smallest absolute Gasteiger partial charge is 0.227 e. The molecule has 6 nitrogen and oxygen atoms in total. The van der Waals surface area contributed by atoms with Crippen LogP contribution in [-0.2, 0) is 11.3 Å². The van der Waals surface area contributed by atoms with E-state index in [2.05, 4.69) is 24.7 Å². The molecule has 34 heavy (non-hydrogen) atoms. The van der Waals surface area contributed by atoms with Crippen molar-refractivity contribution in [3.8, 4) is 29.7 Å². The summed E-state index contributed by atoms with van der Waals surface area (Å²) < 4.78 is 13.5. The van der Waals surface area contributed by atoms with Gasteiger partial charge in [0.2, 0.25) is 5.88 Å². The molecule has 3 rings (SSSR count). The number of aliphatic hydroxyl groups is 1. The van der Waals surface area contributed by atoms with Gasteiger partial charge >= 0.3 is 0 Å². The number of rotatable bonds is 12. The summed E-state index contributed by atoms with van der Waals surface area (Å²) in [5, 5.41) is 16.0. The lowest BCUT2D eigenvalue weighted by Crippen LogP contribution is -2.37. The van der Waals surface area contributed by atoms with Crippen LogP contribution in [0.2, 0.25) is 5.02 Å². The number of hydrogen-bond donors (Lipinski definition) is 1. The molecule has 0 fully saturated rings. The average molecular weight is 482 g/mol. The second-order valence-electron chi connectivity index (χ2n) is 8.63. The van der Waals surface area contributed by atoms with E-state index in [0.29, 0.717) is 35.7 Å². The van der Waals surface area contributed by atoms with Crippen LogP contribution in [0.4, 0.5) is 0 Å². The van der Waals surface area contributed by atoms with Gasteiger partial charge in [0.15, 0.2) is 0 Å². The largest absolute Gasteiger partial charge is 0.439 e. The number of nitrogens with zero attached hydrogens (tertiary/aromatic N) is 3. The highest BCUT2D eigenvalue weighted by Gasteiger charge is 2.23. The van der Waals surface area contributed by atoms with Crippen molar-refractivity contribution < 1.29 is 14.6 Å². The number of aromatic nitrogens is 2. The quantitative estimate of drug-likeness (QED) is 0.288. The SMILES string of the molecule is C#CCOC[C@@H](O)CN(Cc1c(C)nn(-c2ccccc2)c1Oc1ccc(Cl)cc1)CC(C)C. The zero-order valence-corrected chi connectivity index (χ0v) is 20.7. The first-order valence-electron chi connectivity index (χ1n) is 11.4. The maximum atomic E-state index is 10.5. The maximum absolute atomic E-state index is 10.5. The number of ether oxygens (including phenoxy) is 2. The van der Waals surface area contributed by atoms with Gasteiger partial charge in [0.05, 0.1) is 29.7 Å². The molecule has 0 aliphatic carbocycles. The highest BCUT2D eigenvalue weighted by atomic mass is 35.5. The van der Waals surface area contributed by atoms with Crippen LogP contribution in [0.3, 0.4) is 0 Å². The first-order chi connectivity index (χ1) is 16.4. The summed E-state index contributed by atoms with van der Waals surface area (Å²) >= 11 is 6.06. The van der Waals surface area contributed by atoms with E-state index in [9.17, 15) is 5.11 Å². The van der Waals surface area contributed by atoms with E-state index in [4.69, 9.17) is 32.6 Å². The lowest BCUT2D eigenvalue weighted by atomic mass is 10.1. The van der Waals surface area contributed by atoms with Gasteiger partial charge in [0, 0.05) is 24.7 Å². The van der Waals surface area contributed by atoms with Gasteiger partial charge in [-0.15, -0.1) is 6.42 Å². The number of benzene rings is 2. The molecule has 0 spiro atoms. The third-order valence-corrected chi connectivity index (χ3v) is 5.39. The van der Waals surface area contributed by atoms with Crippen LogP contribution in [-0.4, -0.2) is 52.2 Å². The Balaban J connectivity index is 1.93. The van der Waals surface area contributed by atoms with Crippen molar-refractivity contribution in [2.24, 2.45) is 5.92 Å². The van der Waals surface area contributed by atoms with Gasteiger partial charge in [-0.3, -0.25) is 4.90 Å². The predicted octanol–water partition coefficient (Wildman–Crippen LogP) is 5.10. The fourth-order valence-corrected chi connectivity index (χ4v) is 3.86. The van der Waals surface area contributed by atoms with Crippen LogP contribution >= 0.6 is 11.6 Å². The molecule has 1 N–H and O–H groups in total. The highest BCUT2D eigenvalue weighted by molar-refractivity contribution is 6.30. The monoisotopic (exact) mass is 481 g/mol. The van der Waals surface area contributed by atoms with Crippen molar-refractivity contribution in [3.05, 3.63) is 70.9 Å². The molecule has 0 amide bonds. The van der Waals surface area contributed by atoms with Gasteiger partial charge in [0.1, 0.15) is 12.4 Å². The average Bonchev–Trinajstić information content (AvgIpc) is 3.10. The summed E-state index contributed by atoms with van der Waals surface area (Å²) in [6, 6.07) is 17.1. The highest BCUT2D eigenvalue weighted by Crippen LogP contribution is 2.32. The number of hydrogen-bond acceptors (Lipinski definition) is 5. The Morgan fingerprint density at radius 1 is 1.12 bits per heavy atom. The van der Waals surface area contributed by atoms with Crippen molar-refractivity contribution in [1.29, 1.82) is 0 Å². The van der Waals surface area contributed by atoms with Gasteiger partial charge < -0.3 is 14.6 Å². The molecule has 180 valence electrons. The molecule has 1 atom stereocenters. The number of halogens is 1. The molecule has 0 bridgehead atoms. The number of para-hydroxylation sites is 1. The molecular weight excluding hydrogens is 450 g/mol. The standard InChI is InChI=1S/C27H32ClN3O3/c1-5-15-33-19-24(32)17-30(16-20(2)3)18-26-21(4)29-31(23-9-7-6-8-10-23)27(26)34-25-13-11-22(28)12-14-25/h1,6-14,20,24,32H,15-19H2,2-4H3/t24-/m0/s1. The van der Waals surface area contributed by atoms with Crippen LogP contribution in [0, 0.1) is 25.2 Å². The van der Waals surface area contributed by atoms with Crippen LogP contribution in [0.5, 0.6) is 11.6 Å². The van der Waals surface area contributed by atoms with Gasteiger partial charge in [0.25, 0.3) is 0 Å². The minimum Gasteiger partial charge on any atom is -0.439 e. The predicted molar refractivity (Wildman–Crippen MR) is 136 cm³/mol. The molecule has 0 unspecified atom stereocenters. The van der Waals surface area contributed by atoms with Crippen LogP contribution in [0.25, 0.3) is 5.69 Å². The number of aliphatic hydroxyl groups excluding tert-OH is 1. The Morgan fingerprint density at radius 3 is 2.47 bits per heavy atom. The molecule has 0 aliphatic rings. The first kappa shape index (κ1) is 25.8. The van der Waals surface area contributed by atoms with E-state index in [1.165, 1.54) is 0 Å². The van der Waals surface area contributed by atoms with Crippen molar-refractivity contribution in [2.45, 2.75) is 33.4 Å². The Hall–Kier alpha value is -2.82. The van der Waals surface area contributed by atoms with Crippen molar-refractivity contribution in [2.75, 3.05) is 26.3 Å². The van der Waals surface area contributed by atoms with Crippen molar-refractivity contribution in [3.63, 3.8) is 0 Å². The van der Waals surface area contributed by atoms with E-state index in [1.54, 1.807) is 12.1 Å². The fourth-order valence-electron chi connectivity index (χ4n) is 3.73. The number of terminal acetylenes is 1. The van der Waals surface area contributed by atoms with Gasteiger partial charge in [-0.05, 0) is 49.2 Å². The van der Waals surface area contributed by atoms with Crippen molar-refractivity contribution >= 4 is 11.6 Å². The summed E-state index contributed by atoms with van der Waals surface area (Å²) in [6.07, 6.45) is 4.59. The maximum Gasteiger partial charge on any atom is 0.227 e. The lowest BCUT2D eigenvalue weighted by molar-refractivity contribution is 0.0236. The summed E-state index contributed by atoms with van der Waals surface area (Å²) in [5.41, 5.74) is 2.72. The minimum atomic E-state index is -0.655. The molecule has 7 heteroatoms. The molecule has 3 aromatic rings. The van der Waals surface area contributed by atoms with Gasteiger partial charge in [-0.25, -0.2) is 4.68 Å². The molecule has 1 heterocycles. The third kappa shape index (κ3) is 7.34. The zero-order chi connectivity index (χ0) is 24.5. The van der Waals surface area contributed by atoms with E-state index < -0.39 is 6.10 Å². The van der Waals surface area contributed by atoms with Gasteiger partial charge in [-0.1, -0.05) is 49.6 Å². The molecule has 0 radical (unpaired) electrons. The van der Waals surface area contributed by atoms with Gasteiger partial charge in [-0.2, -0.15) is 5.10 Å². The molecule has 2 aromatic carbocycles. The molecule has 0 saturated carbocycles. The van der Waals surface area contributed by atoms with Crippen LogP contribution < -0.4 is 4.74 Å². The Morgan fingerprint density at radius 2 is 1.82 bits per heavy atom. The van der Waals surface area contributed by atoms with E-state index in [-0.39, 0.29) is 13.2 Å². The minimum absolute atomic E-state index is 0.184. The summed E-state index contributed by atoms with van der Waals surface area (Å²) in [5.74, 6) is 4.14. The fraction of sp³-hybridized carbons (Fsp3) is 0.370. The second kappa shape index (κ2) is 12.6. The summed E-state index contributed by atoms with van der Waals surface area (Å²) in [4.78, 5) is 2.20. The Bertz CT molecular complexity index is 1070. The molecule has 0 saturated heterocycles. The molecule has 0 aliphatic heterocycles. The van der Waals surface area contributed by atoms with Crippen LogP contribution in [0.15, 0.2) is 54.6 Å². The topological polar surface area (TPSA) is 59.8 Å². The second-order valence-corrected chi connectivity index (χ2v) is 9.07. The number of aryl methyl sites for hydroxylation is 1. The van der Waals surface area contributed by atoms with E-state index >= 15 is 0 Å². The Kier molecular flexibility index (Phi) is 9.55. The summed E-state index contributed by atoms with van der Waals surface area (Å²) in [6.45, 7) is 8.45. The third-order valence-electron chi connectivity index (χ3n) is 5.14. The molecular formula is C27H32ClN3O3. The normalized spacial score (nSPS) is 12.2. The van der Waals surface area contributed by atoms with Crippen molar-refractivity contribution in [1.82, 2.24) is 14.7 Å². The summed E-state index contributed by atoms with van der Waals surface area (Å²) in [7, 11) is 0.